The lowest BCUT2D eigenvalue weighted by Crippen LogP contribution is -2.69. The van der Waals surface area contributed by atoms with Crippen molar-refractivity contribution in [3.8, 4) is 34.2 Å². The summed E-state index contributed by atoms with van der Waals surface area (Å²) in [4.78, 5) is 15.6. The fourth-order valence-electron chi connectivity index (χ4n) is 18.2. The molecule has 0 N–H and O–H groups in total. The maximum absolute atomic E-state index is 5.27. The van der Waals surface area contributed by atoms with E-state index in [1.165, 1.54) is 64.2 Å². The van der Waals surface area contributed by atoms with Crippen LogP contribution in [-0.2, 0) is 10.8 Å². The molecule has 18 rings (SSSR count). The molecule has 14 aliphatic rings. The molecular formula is C49H51N3. The summed E-state index contributed by atoms with van der Waals surface area (Å²) in [6.07, 6.45) is 18.2. The second-order valence-corrected chi connectivity index (χ2v) is 20.5. The molecule has 1 aromatic heterocycles. The van der Waals surface area contributed by atoms with Gasteiger partial charge in [0.2, 0.25) is 0 Å². The zero-order valence-electron chi connectivity index (χ0n) is 30.4. The Bertz CT molecular complexity index is 1940. The third-order valence-electron chi connectivity index (χ3n) is 19.2. The van der Waals surface area contributed by atoms with Gasteiger partial charge >= 0.3 is 0 Å². The lowest BCUT2D eigenvalue weighted by atomic mass is 9.30. The van der Waals surface area contributed by atoms with Crippen LogP contribution in [0.3, 0.4) is 0 Å². The Kier molecular flexibility index (Phi) is 5.51. The molecule has 0 radical (unpaired) electrons. The fraction of sp³-hybridized carbons (Fsp3) is 0.571. The van der Waals surface area contributed by atoms with Crippen molar-refractivity contribution >= 4 is 0 Å². The smallest absolute Gasteiger partial charge is 0.164 e. The van der Waals surface area contributed by atoms with Crippen molar-refractivity contribution in [1.29, 1.82) is 0 Å². The van der Waals surface area contributed by atoms with Gasteiger partial charge in [-0.05, 0) is 171 Å². The largest absolute Gasteiger partial charge is 0.208 e. The van der Waals surface area contributed by atoms with Crippen LogP contribution in [0.4, 0.5) is 0 Å². The molecule has 0 amide bonds. The average Bonchev–Trinajstić information content (AvgIpc) is 3.21. The number of benzene rings is 3. The summed E-state index contributed by atoms with van der Waals surface area (Å²) in [5.74, 6) is 16.2. The molecule has 14 fully saturated rings. The van der Waals surface area contributed by atoms with Crippen molar-refractivity contribution in [2.75, 3.05) is 0 Å². The van der Waals surface area contributed by atoms with Gasteiger partial charge in [0.05, 0.1) is 0 Å². The monoisotopic (exact) mass is 681 g/mol. The van der Waals surface area contributed by atoms with Crippen LogP contribution in [-0.4, -0.2) is 15.0 Å². The number of nitrogens with zero attached hydrogens (tertiary/aromatic N) is 3. The summed E-state index contributed by atoms with van der Waals surface area (Å²) in [5, 5.41) is 0. The summed E-state index contributed by atoms with van der Waals surface area (Å²) in [6, 6.07) is 30.1. The summed E-state index contributed by atoms with van der Waals surface area (Å²) in [6.45, 7) is 0. The van der Waals surface area contributed by atoms with E-state index in [2.05, 4.69) is 78.9 Å². The van der Waals surface area contributed by atoms with Crippen molar-refractivity contribution in [2.24, 2.45) is 82.9 Å². The first-order valence-corrected chi connectivity index (χ1v) is 21.7. The molecule has 52 heavy (non-hydrogen) atoms. The Balaban J connectivity index is 0.837. The number of hydrogen-bond acceptors (Lipinski definition) is 3. The van der Waals surface area contributed by atoms with Crippen LogP contribution in [0, 0.1) is 82.9 Å². The van der Waals surface area contributed by atoms with Gasteiger partial charge in [-0.25, -0.2) is 15.0 Å². The molecule has 0 spiro atoms. The van der Waals surface area contributed by atoms with Crippen LogP contribution < -0.4 is 0 Å². The van der Waals surface area contributed by atoms with Crippen LogP contribution in [0.25, 0.3) is 34.2 Å². The van der Waals surface area contributed by atoms with Crippen LogP contribution in [0.5, 0.6) is 0 Å². The third-order valence-corrected chi connectivity index (χ3v) is 19.2. The molecule has 16 bridgehead atoms. The SMILES string of the molecule is c1ccc(-c2nc(-c3ccc(C45CC6CC7C8CC(CC74)CC5C8C6)cc3)nc(-c3ccc(C45CC6CC7C8CC(CC74)CC5C8C6)cc3)n2)cc1. The predicted molar refractivity (Wildman–Crippen MR) is 204 cm³/mol. The second kappa shape index (κ2) is 9.85. The standard InChI is InChI=1S/C49H51N3/c1-2-4-30(5-3-1)45-50-46(31-6-10-33(11-7-31)48-24-28-16-37-35-14-26(20-41(37)48)21-42(48)38(35)17-28)52-47(51-45)32-8-12-34(13-9-32)49-25-29-18-39-36-15-27(22-43(39)49)23-44(49)40(36)19-29/h1-13,26-29,35-44H,14-25H2. The minimum Gasteiger partial charge on any atom is -0.208 e. The van der Waals surface area contributed by atoms with Crippen molar-refractivity contribution in [2.45, 2.75) is 87.9 Å². The molecule has 262 valence electrons. The van der Waals surface area contributed by atoms with Gasteiger partial charge < -0.3 is 0 Å². The van der Waals surface area contributed by atoms with E-state index < -0.39 is 0 Å². The Hall–Kier alpha value is -3.33. The van der Waals surface area contributed by atoms with Gasteiger partial charge in [0.25, 0.3) is 0 Å². The second-order valence-electron chi connectivity index (χ2n) is 20.5. The summed E-state index contributed by atoms with van der Waals surface area (Å²) >= 11 is 0. The van der Waals surface area contributed by atoms with Gasteiger partial charge in [-0.1, -0.05) is 78.9 Å². The molecule has 8 unspecified atom stereocenters. The highest BCUT2D eigenvalue weighted by Crippen LogP contribution is 2.77. The molecule has 3 nitrogen and oxygen atoms in total. The van der Waals surface area contributed by atoms with Gasteiger partial charge in [-0.15, -0.1) is 0 Å². The first kappa shape index (κ1) is 29.1. The van der Waals surface area contributed by atoms with Crippen LogP contribution in [0.1, 0.15) is 88.2 Å². The lowest BCUT2D eigenvalue weighted by molar-refractivity contribution is -0.220. The highest BCUT2D eigenvalue weighted by molar-refractivity contribution is 5.67. The maximum Gasteiger partial charge on any atom is 0.164 e. The van der Waals surface area contributed by atoms with Crippen LogP contribution in [0.2, 0.25) is 0 Å². The van der Waals surface area contributed by atoms with Crippen molar-refractivity contribution in [1.82, 2.24) is 15.0 Å². The van der Waals surface area contributed by atoms with E-state index in [1.54, 1.807) is 24.0 Å². The van der Waals surface area contributed by atoms with Crippen LogP contribution >= 0.6 is 0 Å². The van der Waals surface area contributed by atoms with E-state index in [-0.39, 0.29) is 0 Å². The Morgan fingerprint density at radius 2 is 0.692 bits per heavy atom. The highest BCUT2D eigenvalue weighted by atomic mass is 15.0. The Labute approximate surface area is 308 Å². The van der Waals surface area contributed by atoms with E-state index in [9.17, 15) is 0 Å². The lowest BCUT2D eigenvalue weighted by Gasteiger charge is -2.74. The van der Waals surface area contributed by atoms with Gasteiger partial charge in [-0.3, -0.25) is 0 Å². The Morgan fingerprint density at radius 3 is 1.08 bits per heavy atom. The zero-order chi connectivity index (χ0) is 33.5. The summed E-state index contributed by atoms with van der Waals surface area (Å²) < 4.78 is 0. The molecular weight excluding hydrogens is 631 g/mol. The summed E-state index contributed by atoms with van der Waals surface area (Å²) in [5.41, 5.74) is 7.45. The average molecular weight is 682 g/mol. The quantitative estimate of drug-likeness (QED) is 0.210. The molecule has 14 aliphatic carbocycles. The van der Waals surface area contributed by atoms with E-state index in [4.69, 9.17) is 15.0 Å². The molecule has 0 aliphatic heterocycles. The van der Waals surface area contributed by atoms with Crippen LogP contribution in [0.15, 0.2) is 78.9 Å². The molecule has 8 atom stereocenters. The van der Waals surface area contributed by atoms with Gasteiger partial charge in [0.15, 0.2) is 17.5 Å². The molecule has 14 saturated carbocycles. The molecule has 4 aromatic rings. The minimum absolute atomic E-state index is 0.430. The number of rotatable bonds is 5. The molecule has 3 aromatic carbocycles. The Morgan fingerprint density at radius 1 is 0.346 bits per heavy atom. The normalized spacial score (nSPS) is 47.2. The van der Waals surface area contributed by atoms with Gasteiger partial charge in [0.1, 0.15) is 0 Å². The fourth-order valence-corrected chi connectivity index (χ4v) is 18.2. The maximum atomic E-state index is 5.27. The topological polar surface area (TPSA) is 38.7 Å². The highest BCUT2D eigenvalue weighted by Gasteiger charge is 2.71. The molecule has 3 heteroatoms. The van der Waals surface area contributed by atoms with E-state index in [0.29, 0.717) is 10.8 Å². The van der Waals surface area contributed by atoms with E-state index >= 15 is 0 Å². The van der Waals surface area contributed by atoms with Crippen molar-refractivity contribution < 1.29 is 0 Å². The minimum atomic E-state index is 0.430. The number of aromatic nitrogens is 3. The van der Waals surface area contributed by atoms with E-state index in [1.807, 2.05) is 0 Å². The first-order chi connectivity index (χ1) is 25.6. The van der Waals surface area contributed by atoms with E-state index in [0.717, 1.165) is 117 Å². The van der Waals surface area contributed by atoms with Gasteiger partial charge in [-0.2, -0.15) is 0 Å². The van der Waals surface area contributed by atoms with Crippen molar-refractivity contribution in [3.05, 3.63) is 90.0 Å². The van der Waals surface area contributed by atoms with Gasteiger partial charge in [0, 0.05) is 27.5 Å². The first-order valence-electron chi connectivity index (χ1n) is 21.7. The zero-order valence-corrected chi connectivity index (χ0v) is 30.4. The molecule has 1 heterocycles. The predicted octanol–water partition coefficient (Wildman–Crippen LogP) is 10.8. The van der Waals surface area contributed by atoms with Crippen molar-refractivity contribution in [3.63, 3.8) is 0 Å². The third kappa shape index (κ3) is 3.50. The summed E-state index contributed by atoms with van der Waals surface area (Å²) in [7, 11) is 0. The number of hydrogen-bond donors (Lipinski definition) is 0. The molecule has 0 saturated heterocycles.